The van der Waals surface area contributed by atoms with Gasteiger partial charge in [0.25, 0.3) is 0 Å². The zero-order valence-electron chi connectivity index (χ0n) is 28.3. The molecular formula is C34H28F22O. The van der Waals surface area contributed by atoms with Crippen molar-refractivity contribution in [3.05, 3.63) is 83.9 Å². The summed E-state index contributed by atoms with van der Waals surface area (Å²) < 4.78 is 306. The Morgan fingerprint density at radius 3 is 0.895 bits per heavy atom. The lowest BCUT2D eigenvalue weighted by Crippen LogP contribution is -2.66. The summed E-state index contributed by atoms with van der Waals surface area (Å²) in [6, 6.07) is 9.55. The maximum Gasteiger partial charge on any atom is 0.460 e. The van der Waals surface area contributed by atoms with Gasteiger partial charge in [-0.1, -0.05) is 73.8 Å². The fourth-order valence-electron chi connectivity index (χ4n) is 5.02. The molecule has 2 rings (SSSR count). The third kappa shape index (κ3) is 9.80. The maximum absolute atomic E-state index is 14.7. The second kappa shape index (κ2) is 16.5. The number of ether oxygens (including phenoxy) is 1. The number of benzene rings is 2. The van der Waals surface area contributed by atoms with Gasteiger partial charge in [-0.15, -0.1) is 0 Å². The molecule has 0 aliphatic heterocycles. The van der Waals surface area contributed by atoms with Crippen LogP contribution in [-0.4, -0.2) is 71.9 Å². The molecule has 57 heavy (non-hydrogen) atoms. The molecule has 0 saturated carbocycles. The normalized spacial score (nSPS) is 15.7. The molecule has 0 aromatic heterocycles. The minimum absolute atomic E-state index is 0.0745. The molecule has 2 aromatic carbocycles. The third-order valence-electron chi connectivity index (χ3n) is 8.51. The van der Waals surface area contributed by atoms with Gasteiger partial charge in [-0.25, -0.2) is 0 Å². The zero-order valence-corrected chi connectivity index (χ0v) is 28.3. The molecule has 0 radical (unpaired) electrons. The Morgan fingerprint density at radius 2 is 0.667 bits per heavy atom. The van der Waals surface area contributed by atoms with Crippen LogP contribution >= 0.6 is 0 Å². The van der Waals surface area contributed by atoms with Crippen molar-refractivity contribution in [3.63, 3.8) is 0 Å². The Labute approximate surface area is 308 Å². The summed E-state index contributed by atoms with van der Waals surface area (Å²) >= 11 is 0. The van der Waals surface area contributed by atoms with E-state index < -0.39 is 110 Å². The van der Waals surface area contributed by atoms with Gasteiger partial charge < -0.3 is 4.74 Å². The Balaban J connectivity index is 2.61. The molecule has 0 amide bonds. The van der Waals surface area contributed by atoms with Crippen LogP contribution in [0.1, 0.15) is 47.9 Å². The second-order valence-electron chi connectivity index (χ2n) is 12.6. The quantitative estimate of drug-likeness (QED) is 0.121. The predicted octanol–water partition coefficient (Wildman–Crippen LogP) is 13.3. The summed E-state index contributed by atoms with van der Waals surface area (Å²) in [7, 11) is 0. The van der Waals surface area contributed by atoms with E-state index >= 15 is 0 Å². The van der Waals surface area contributed by atoms with Crippen LogP contribution in [0.4, 0.5) is 96.6 Å². The summed E-state index contributed by atoms with van der Waals surface area (Å²) in [5.41, 5.74) is 0.559. The van der Waals surface area contributed by atoms with Gasteiger partial charge in [-0.2, -0.15) is 96.6 Å². The van der Waals surface area contributed by atoms with Crippen LogP contribution in [0.3, 0.4) is 0 Å². The number of hydrogen-bond donors (Lipinski definition) is 0. The standard InChI is InChI=1S/C34H28F22O/c1-3-19-5-9-21(10-6-19)17-23(13-15-25(35,36)27(39,40)29(43,44)31(47,48)33(51,52)53)57-24(18-22-11-7-20(4-2)8-12-22)14-16-26(37,38)28(41,42)30(45,46)32(49,50)34(54,55)56/h3-12,23-24H,1-2,13-18H2. The van der Waals surface area contributed by atoms with Crippen LogP contribution in [0.25, 0.3) is 12.2 Å². The van der Waals surface area contributed by atoms with Gasteiger partial charge in [0, 0.05) is 12.8 Å². The van der Waals surface area contributed by atoms with Gasteiger partial charge >= 0.3 is 59.7 Å². The molecule has 2 atom stereocenters. The SMILES string of the molecule is C=Cc1ccc(CC(CCC(F)(F)C(F)(F)C(F)(F)C(F)(F)C(F)(F)F)OC(CCC(F)(F)C(F)(F)C(F)(F)C(F)(F)C(F)(F)F)Cc2ccc(C=C)cc2)cc1. The molecule has 0 spiro atoms. The molecule has 1 nitrogen and oxygen atoms in total. The van der Waals surface area contributed by atoms with Crippen LogP contribution in [0.15, 0.2) is 61.7 Å². The minimum Gasteiger partial charge on any atom is -0.374 e. The molecule has 0 bridgehead atoms. The molecular weight excluding hydrogens is 842 g/mol. The fourth-order valence-corrected chi connectivity index (χ4v) is 5.02. The third-order valence-corrected chi connectivity index (χ3v) is 8.51. The van der Waals surface area contributed by atoms with Gasteiger partial charge in [0.2, 0.25) is 0 Å². The summed E-state index contributed by atoms with van der Waals surface area (Å²) in [4.78, 5) is 0. The Bertz CT molecular complexity index is 1520. The van der Waals surface area contributed by atoms with Crippen molar-refractivity contribution in [1.29, 1.82) is 0 Å². The molecule has 2 aromatic rings. The van der Waals surface area contributed by atoms with Crippen molar-refractivity contribution < 1.29 is 101 Å². The number of rotatable bonds is 20. The molecule has 0 heterocycles. The van der Waals surface area contributed by atoms with E-state index in [-0.39, 0.29) is 11.1 Å². The van der Waals surface area contributed by atoms with Crippen LogP contribution in [0.5, 0.6) is 0 Å². The fraction of sp³-hybridized carbons (Fsp3) is 0.529. The minimum atomic E-state index is -7.81. The van der Waals surface area contributed by atoms with E-state index in [1.54, 1.807) is 0 Å². The number of alkyl halides is 22. The first-order chi connectivity index (χ1) is 25.5. The first kappa shape index (κ1) is 49.5. The maximum atomic E-state index is 14.7. The van der Waals surface area contributed by atoms with Crippen molar-refractivity contribution >= 4 is 12.2 Å². The molecule has 324 valence electrons. The molecule has 2 unspecified atom stereocenters. The highest BCUT2D eigenvalue weighted by Crippen LogP contribution is 2.60. The molecule has 23 heteroatoms. The van der Waals surface area contributed by atoms with Gasteiger partial charge in [-0.05, 0) is 47.9 Å². The Morgan fingerprint density at radius 1 is 0.404 bits per heavy atom. The Hall–Kier alpha value is -3.66. The number of hydrogen-bond acceptors (Lipinski definition) is 1. The van der Waals surface area contributed by atoms with Gasteiger partial charge in [-0.3, -0.25) is 0 Å². The lowest BCUT2D eigenvalue weighted by molar-refractivity contribution is -0.422. The van der Waals surface area contributed by atoms with Crippen LogP contribution < -0.4 is 0 Å². The largest absolute Gasteiger partial charge is 0.460 e. The van der Waals surface area contributed by atoms with Crippen molar-refractivity contribution in [2.24, 2.45) is 0 Å². The lowest BCUT2D eigenvalue weighted by Gasteiger charge is -2.38. The van der Waals surface area contributed by atoms with Gasteiger partial charge in [0.15, 0.2) is 0 Å². The van der Waals surface area contributed by atoms with Gasteiger partial charge in [0.05, 0.1) is 12.2 Å². The zero-order chi connectivity index (χ0) is 44.5. The average molecular weight is 871 g/mol. The Kier molecular flexibility index (Phi) is 14.4. The van der Waals surface area contributed by atoms with E-state index in [0.29, 0.717) is 11.1 Å². The van der Waals surface area contributed by atoms with Crippen molar-refractivity contribution in [2.75, 3.05) is 0 Å². The molecule has 0 aliphatic rings. The lowest BCUT2D eigenvalue weighted by atomic mass is 9.92. The highest BCUT2D eigenvalue weighted by atomic mass is 19.4. The smallest absolute Gasteiger partial charge is 0.374 e. The summed E-state index contributed by atoms with van der Waals surface area (Å²) in [5.74, 6) is -59.0. The monoisotopic (exact) mass is 870 g/mol. The van der Waals surface area contributed by atoms with Crippen LogP contribution in [0.2, 0.25) is 0 Å². The van der Waals surface area contributed by atoms with Crippen LogP contribution in [0, 0.1) is 0 Å². The number of halogens is 22. The first-order valence-corrected chi connectivity index (χ1v) is 15.7. The van der Waals surface area contributed by atoms with Crippen molar-refractivity contribution in [2.45, 2.75) is 110 Å². The van der Waals surface area contributed by atoms with E-state index in [9.17, 15) is 96.6 Å². The first-order valence-electron chi connectivity index (χ1n) is 15.7. The van der Waals surface area contributed by atoms with E-state index in [0.717, 1.165) is 24.3 Å². The van der Waals surface area contributed by atoms with Crippen LogP contribution in [-0.2, 0) is 17.6 Å². The van der Waals surface area contributed by atoms with E-state index in [4.69, 9.17) is 4.74 Å². The molecule has 0 saturated heterocycles. The average Bonchev–Trinajstić information content (AvgIpc) is 3.08. The second-order valence-corrected chi connectivity index (χ2v) is 12.6. The molecule has 0 aliphatic carbocycles. The summed E-state index contributed by atoms with van der Waals surface area (Å²) in [6.45, 7) is 6.83. The summed E-state index contributed by atoms with van der Waals surface area (Å²) in [6.07, 6.45) is -27.6. The highest BCUT2D eigenvalue weighted by molar-refractivity contribution is 5.48. The van der Waals surface area contributed by atoms with E-state index in [1.807, 2.05) is 0 Å². The van der Waals surface area contributed by atoms with E-state index in [1.165, 1.54) is 36.4 Å². The van der Waals surface area contributed by atoms with Crippen molar-refractivity contribution in [3.8, 4) is 0 Å². The molecule has 0 N–H and O–H groups in total. The molecule has 0 fully saturated rings. The van der Waals surface area contributed by atoms with Crippen molar-refractivity contribution in [1.82, 2.24) is 0 Å². The highest BCUT2D eigenvalue weighted by Gasteiger charge is 2.88. The van der Waals surface area contributed by atoms with E-state index in [2.05, 4.69) is 13.2 Å². The predicted molar refractivity (Wildman–Crippen MR) is 159 cm³/mol. The summed E-state index contributed by atoms with van der Waals surface area (Å²) in [5, 5.41) is 0. The van der Waals surface area contributed by atoms with Gasteiger partial charge in [0.1, 0.15) is 0 Å². The topological polar surface area (TPSA) is 9.23 Å².